The van der Waals surface area contributed by atoms with E-state index in [1.807, 2.05) is 6.20 Å². The number of rotatable bonds is 4. The molecular formula is C16H21N3. The first-order valence-corrected chi connectivity index (χ1v) is 7.22. The van der Waals surface area contributed by atoms with E-state index in [1.54, 1.807) is 0 Å². The van der Waals surface area contributed by atoms with Gasteiger partial charge in [0, 0.05) is 37.6 Å². The zero-order chi connectivity index (χ0) is 13.1. The van der Waals surface area contributed by atoms with Crippen molar-refractivity contribution in [2.24, 2.45) is 0 Å². The number of hydrogen-bond donors (Lipinski definition) is 1. The molecule has 0 saturated heterocycles. The third-order valence-electron chi connectivity index (χ3n) is 3.74. The van der Waals surface area contributed by atoms with Crippen LogP contribution in [0.5, 0.6) is 0 Å². The van der Waals surface area contributed by atoms with Crippen LogP contribution in [0.3, 0.4) is 0 Å². The molecule has 100 valence electrons. The Hall–Kier alpha value is -1.77. The summed E-state index contributed by atoms with van der Waals surface area (Å²) in [5, 5.41) is 3.46. The number of nitrogens with zero attached hydrogens (tertiary/aromatic N) is 2. The number of fused-ring (bicyclic) bond motifs is 1. The molecule has 2 aromatic rings. The third-order valence-corrected chi connectivity index (χ3v) is 3.74. The summed E-state index contributed by atoms with van der Waals surface area (Å²) in [4.78, 5) is 4.49. The normalized spacial score (nSPS) is 13.9. The minimum Gasteiger partial charge on any atom is -0.385 e. The Morgan fingerprint density at radius 2 is 2.32 bits per heavy atom. The van der Waals surface area contributed by atoms with Crippen LogP contribution in [0.4, 0.5) is 5.69 Å². The topological polar surface area (TPSA) is 29.9 Å². The fraction of sp³-hybridized carbons (Fsp3) is 0.438. The summed E-state index contributed by atoms with van der Waals surface area (Å²) < 4.78 is 2.26. The standard InChI is InChI=1S/C16H21N3/c1-2-9-19-10-8-18-16(19)12-13-5-6-15-14(11-13)4-3-7-17-15/h5-6,8,10-11,17H,2-4,7,9,12H2,1H3. The van der Waals surface area contributed by atoms with E-state index in [2.05, 4.69) is 46.2 Å². The minimum absolute atomic E-state index is 0.931. The number of anilines is 1. The van der Waals surface area contributed by atoms with Crippen LogP contribution in [0.25, 0.3) is 0 Å². The molecule has 1 N–H and O–H groups in total. The highest BCUT2D eigenvalue weighted by Gasteiger charge is 2.10. The second kappa shape index (κ2) is 5.47. The van der Waals surface area contributed by atoms with Gasteiger partial charge in [0.1, 0.15) is 5.82 Å². The van der Waals surface area contributed by atoms with Crippen molar-refractivity contribution >= 4 is 5.69 Å². The zero-order valence-electron chi connectivity index (χ0n) is 11.5. The summed E-state index contributed by atoms with van der Waals surface area (Å²) >= 11 is 0. The average Bonchev–Trinajstić information content (AvgIpc) is 2.86. The molecule has 0 saturated carbocycles. The van der Waals surface area contributed by atoms with Crippen molar-refractivity contribution in [3.63, 3.8) is 0 Å². The Morgan fingerprint density at radius 1 is 1.37 bits per heavy atom. The largest absolute Gasteiger partial charge is 0.385 e. The van der Waals surface area contributed by atoms with Crippen LogP contribution in [0.15, 0.2) is 30.6 Å². The summed E-state index contributed by atoms with van der Waals surface area (Å²) in [6.45, 7) is 4.36. The molecule has 1 aromatic carbocycles. The molecule has 0 radical (unpaired) electrons. The van der Waals surface area contributed by atoms with Crippen molar-refractivity contribution in [3.8, 4) is 0 Å². The molecule has 0 fully saturated rings. The van der Waals surface area contributed by atoms with E-state index in [4.69, 9.17) is 0 Å². The predicted octanol–water partition coefficient (Wildman–Crippen LogP) is 3.24. The second-order valence-corrected chi connectivity index (χ2v) is 5.24. The monoisotopic (exact) mass is 255 g/mol. The van der Waals surface area contributed by atoms with Crippen molar-refractivity contribution in [2.75, 3.05) is 11.9 Å². The fourth-order valence-electron chi connectivity index (χ4n) is 2.77. The Morgan fingerprint density at radius 3 is 3.21 bits per heavy atom. The molecule has 0 unspecified atom stereocenters. The van der Waals surface area contributed by atoms with E-state index in [-0.39, 0.29) is 0 Å². The number of benzene rings is 1. The van der Waals surface area contributed by atoms with E-state index in [1.165, 1.54) is 35.5 Å². The van der Waals surface area contributed by atoms with E-state index < -0.39 is 0 Å². The van der Waals surface area contributed by atoms with Gasteiger partial charge in [0.2, 0.25) is 0 Å². The number of hydrogen-bond acceptors (Lipinski definition) is 2. The predicted molar refractivity (Wildman–Crippen MR) is 78.6 cm³/mol. The van der Waals surface area contributed by atoms with Crippen LogP contribution >= 0.6 is 0 Å². The molecule has 1 aromatic heterocycles. The van der Waals surface area contributed by atoms with Gasteiger partial charge < -0.3 is 9.88 Å². The Kier molecular flexibility index (Phi) is 3.53. The molecule has 2 heterocycles. The lowest BCUT2D eigenvalue weighted by Gasteiger charge is -2.18. The van der Waals surface area contributed by atoms with Crippen molar-refractivity contribution in [1.82, 2.24) is 9.55 Å². The van der Waals surface area contributed by atoms with Crippen molar-refractivity contribution in [1.29, 1.82) is 0 Å². The smallest absolute Gasteiger partial charge is 0.113 e. The molecule has 3 rings (SSSR count). The van der Waals surface area contributed by atoms with Gasteiger partial charge in [-0.05, 0) is 36.5 Å². The van der Waals surface area contributed by atoms with Crippen LogP contribution < -0.4 is 5.32 Å². The lowest BCUT2D eigenvalue weighted by molar-refractivity contribution is 0.646. The molecule has 3 nitrogen and oxygen atoms in total. The molecule has 0 aliphatic carbocycles. The second-order valence-electron chi connectivity index (χ2n) is 5.24. The van der Waals surface area contributed by atoms with Crippen molar-refractivity contribution in [3.05, 3.63) is 47.5 Å². The Bertz CT molecular complexity index is 557. The molecule has 0 atom stereocenters. The van der Waals surface area contributed by atoms with Crippen molar-refractivity contribution < 1.29 is 0 Å². The maximum absolute atomic E-state index is 4.49. The van der Waals surface area contributed by atoms with E-state index in [0.717, 1.165) is 25.9 Å². The first-order valence-electron chi connectivity index (χ1n) is 7.22. The van der Waals surface area contributed by atoms with Crippen molar-refractivity contribution in [2.45, 2.75) is 39.2 Å². The molecule has 0 amide bonds. The average molecular weight is 255 g/mol. The SMILES string of the molecule is CCCn1ccnc1Cc1ccc2c(c1)CCCN2. The summed E-state index contributed by atoms with van der Waals surface area (Å²) in [5.41, 5.74) is 4.13. The van der Waals surface area contributed by atoms with Gasteiger partial charge in [0.05, 0.1) is 0 Å². The van der Waals surface area contributed by atoms with Crippen LogP contribution in [-0.4, -0.2) is 16.1 Å². The first kappa shape index (κ1) is 12.3. The minimum atomic E-state index is 0.931. The highest BCUT2D eigenvalue weighted by atomic mass is 15.1. The maximum Gasteiger partial charge on any atom is 0.113 e. The lowest BCUT2D eigenvalue weighted by Crippen LogP contribution is -2.12. The van der Waals surface area contributed by atoms with Gasteiger partial charge in [-0.25, -0.2) is 4.98 Å². The van der Waals surface area contributed by atoms with E-state index >= 15 is 0 Å². The van der Waals surface area contributed by atoms with Gasteiger partial charge in [-0.1, -0.05) is 19.1 Å². The molecule has 1 aliphatic heterocycles. The quantitative estimate of drug-likeness (QED) is 0.909. The van der Waals surface area contributed by atoms with Gasteiger partial charge in [-0.2, -0.15) is 0 Å². The fourth-order valence-corrected chi connectivity index (χ4v) is 2.77. The Labute approximate surface area is 114 Å². The maximum atomic E-state index is 4.49. The number of nitrogens with one attached hydrogen (secondary N) is 1. The molecular weight excluding hydrogens is 234 g/mol. The third kappa shape index (κ3) is 2.65. The van der Waals surface area contributed by atoms with Gasteiger partial charge in [-0.3, -0.25) is 0 Å². The number of aromatic nitrogens is 2. The summed E-state index contributed by atoms with van der Waals surface area (Å²) in [6, 6.07) is 6.78. The number of aryl methyl sites for hydroxylation is 2. The summed E-state index contributed by atoms with van der Waals surface area (Å²) in [5.74, 6) is 1.17. The molecule has 0 bridgehead atoms. The van der Waals surface area contributed by atoms with Crippen LogP contribution in [0.1, 0.15) is 36.7 Å². The van der Waals surface area contributed by atoms with E-state index in [9.17, 15) is 0 Å². The van der Waals surface area contributed by atoms with Gasteiger partial charge >= 0.3 is 0 Å². The zero-order valence-corrected chi connectivity index (χ0v) is 11.5. The molecule has 0 spiro atoms. The first-order chi connectivity index (χ1) is 9.36. The van der Waals surface area contributed by atoms with Gasteiger partial charge in [-0.15, -0.1) is 0 Å². The molecule has 1 aliphatic rings. The van der Waals surface area contributed by atoms with Gasteiger partial charge in [0.25, 0.3) is 0 Å². The molecule has 19 heavy (non-hydrogen) atoms. The van der Waals surface area contributed by atoms with E-state index in [0.29, 0.717) is 0 Å². The summed E-state index contributed by atoms with van der Waals surface area (Å²) in [6.07, 6.45) is 8.50. The number of imidazole rings is 1. The molecule has 3 heteroatoms. The summed E-state index contributed by atoms with van der Waals surface area (Å²) in [7, 11) is 0. The van der Waals surface area contributed by atoms with Crippen LogP contribution in [0, 0.1) is 0 Å². The Balaban J connectivity index is 1.81. The highest BCUT2D eigenvalue weighted by molar-refractivity contribution is 5.54. The van der Waals surface area contributed by atoms with Crippen LogP contribution in [-0.2, 0) is 19.4 Å². The lowest BCUT2D eigenvalue weighted by atomic mass is 9.99. The highest BCUT2D eigenvalue weighted by Crippen LogP contribution is 2.23. The van der Waals surface area contributed by atoms with Gasteiger partial charge in [0.15, 0.2) is 0 Å². The van der Waals surface area contributed by atoms with Crippen LogP contribution in [0.2, 0.25) is 0 Å².